The summed E-state index contributed by atoms with van der Waals surface area (Å²) < 4.78 is 45.1. The molecule has 2 aromatic carbocycles. The van der Waals surface area contributed by atoms with Crippen LogP contribution in [-0.2, 0) is 10.1 Å². The number of esters is 1. The van der Waals surface area contributed by atoms with E-state index in [2.05, 4.69) is 113 Å². The minimum atomic E-state index is -4.62. The summed E-state index contributed by atoms with van der Waals surface area (Å²) in [7, 11) is -4.62. The van der Waals surface area contributed by atoms with Gasteiger partial charge in [-0.15, -0.1) is 0 Å². The monoisotopic (exact) mass is 963 g/mol. The van der Waals surface area contributed by atoms with Crippen LogP contribution in [0.15, 0.2) is 17.0 Å². The highest BCUT2D eigenvalue weighted by Crippen LogP contribution is 2.36. The van der Waals surface area contributed by atoms with E-state index in [1.807, 2.05) is 0 Å². The number of rotatable bonds is 4. The van der Waals surface area contributed by atoms with E-state index in [1.165, 1.54) is 12.1 Å². The Morgan fingerprint density at radius 2 is 1.43 bits per heavy atom. The summed E-state index contributed by atoms with van der Waals surface area (Å²) in [6.45, 7) is 5.17. The molecular formula is C17H12I5O5S-. The summed E-state index contributed by atoms with van der Waals surface area (Å²) >= 11 is 10.9. The average molecular weight is 963 g/mol. The molecule has 11 heteroatoms. The molecule has 0 N–H and O–H groups in total. The molecule has 0 heterocycles. The zero-order valence-electron chi connectivity index (χ0n) is 14.6. The molecule has 2 aromatic rings. The van der Waals surface area contributed by atoms with Crippen molar-refractivity contribution < 1.29 is 22.5 Å². The van der Waals surface area contributed by atoms with E-state index < -0.39 is 16.1 Å². The van der Waals surface area contributed by atoms with Gasteiger partial charge in [0.05, 0.1) is 10.5 Å². The van der Waals surface area contributed by atoms with E-state index in [0.29, 0.717) is 16.7 Å². The molecular weight excluding hydrogens is 951 g/mol. The third-order valence-corrected chi connectivity index (χ3v) is 14.2. The van der Waals surface area contributed by atoms with Crippen LogP contribution in [0.5, 0.6) is 5.75 Å². The lowest BCUT2D eigenvalue weighted by atomic mass is 10.0. The van der Waals surface area contributed by atoms with Crippen LogP contribution < -0.4 is 4.74 Å². The van der Waals surface area contributed by atoms with Gasteiger partial charge < -0.3 is 9.29 Å². The van der Waals surface area contributed by atoms with Gasteiger partial charge in [0.2, 0.25) is 0 Å². The molecule has 0 aliphatic heterocycles. The quantitative estimate of drug-likeness (QED) is 0.0903. The number of aryl methyl sites for hydroxylation is 1. The first-order valence-corrected chi connectivity index (χ1v) is 14.4. The van der Waals surface area contributed by atoms with Crippen molar-refractivity contribution in [3.8, 4) is 5.75 Å². The molecule has 28 heavy (non-hydrogen) atoms. The molecule has 0 fully saturated rings. The fourth-order valence-electron chi connectivity index (χ4n) is 2.39. The van der Waals surface area contributed by atoms with E-state index in [-0.39, 0.29) is 16.6 Å². The molecule has 0 aliphatic carbocycles. The summed E-state index contributed by atoms with van der Waals surface area (Å²) in [6.07, 6.45) is 0. The zero-order valence-corrected chi connectivity index (χ0v) is 26.2. The lowest BCUT2D eigenvalue weighted by Crippen LogP contribution is -2.16. The molecule has 0 unspecified atom stereocenters. The molecule has 0 aliphatic rings. The van der Waals surface area contributed by atoms with Crippen LogP contribution in [-0.4, -0.2) is 18.9 Å². The van der Waals surface area contributed by atoms with Crippen molar-refractivity contribution in [2.24, 2.45) is 0 Å². The van der Waals surface area contributed by atoms with Crippen molar-refractivity contribution in [3.63, 3.8) is 0 Å². The van der Waals surface area contributed by atoms with Gasteiger partial charge in [0.1, 0.15) is 15.9 Å². The highest BCUT2D eigenvalue weighted by Gasteiger charge is 2.25. The smallest absolute Gasteiger partial charge is 0.345 e. The fraction of sp³-hybridized carbons (Fsp3) is 0.235. The Bertz CT molecular complexity index is 1050. The molecule has 0 radical (unpaired) electrons. The Labute approximate surface area is 232 Å². The van der Waals surface area contributed by atoms with Crippen molar-refractivity contribution in [2.75, 3.05) is 0 Å². The molecule has 0 saturated carbocycles. The van der Waals surface area contributed by atoms with Gasteiger partial charge in [0.15, 0.2) is 0 Å². The summed E-state index contributed by atoms with van der Waals surface area (Å²) in [6, 6.07) is 2.75. The van der Waals surface area contributed by atoms with Gasteiger partial charge in [0.25, 0.3) is 0 Å². The van der Waals surface area contributed by atoms with Crippen molar-refractivity contribution in [2.45, 2.75) is 31.6 Å². The highest BCUT2D eigenvalue weighted by molar-refractivity contribution is 14.1. The first-order valence-electron chi connectivity index (χ1n) is 7.61. The van der Waals surface area contributed by atoms with E-state index in [9.17, 15) is 17.8 Å². The number of halogens is 5. The zero-order chi connectivity index (χ0) is 21.5. The second kappa shape index (κ2) is 9.95. The van der Waals surface area contributed by atoms with E-state index in [1.54, 1.807) is 20.8 Å². The predicted octanol–water partition coefficient (Wildman–Crippen LogP) is 6.26. The maximum atomic E-state index is 13.0. The summed E-state index contributed by atoms with van der Waals surface area (Å²) in [5.74, 6) is -0.495. The van der Waals surface area contributed by atoms with E-state index in [0.717, 1.165) is 17.9 Å². The molecule has 0 spiro atoms. The second-order valence-corrected chi connectivity index (χ2v) is 12.8. The SMILES string of the molecule is Cc1cc(S(=O)(=O)[O-])c(C(C)C)cc1OC(=O)c1c(I)c(I)c(I)c(I)c1I. The maximum Gasteiger partial charge on any atom is 0.345 e. The molecule has 0 aromatic heterocycles. The van der Waals surface area contributed by atoms with Crippen LogP contribution >= 0.6 is 113 Å². The number of ether oxygens (including phenoxy) is 1. The maximum absolute atomic E-state index is 13.0. The van der Waals surface area contributed by atoms with Crippen LogP contribution in [0.25, 0.3) is 0 Å². The molecule has 0 saturated heterocycles. The van der Waals surface area contributed by atoms with Crippen molar-refractivity contribution in [1.82, 2.24) is 0 Å². The Hall–Kier alpha value is 1.47. The topological polar surface area (TPSA) is 83.5 Å². The largest absolute Gasteiger partial charge is 0.744 e. The van der Waals surface area contributed by atoms with Crippen molar-refractivity contribution >= 4 is 129 Å². The van der Waals surface area contributed by atoms with Gasteiger partial charge in [-0.1, -0.05) is 13.8 Å². The number of carbonyl (C=O) groups is 1. The Morgan fingerprint density at radius 1 is 0.964 bits per heavy atom. The van der Waals surface area contributed by atoms with Gasteiger partial charge in [-0.25, -0.2) is 13.2 Å². The minimum Gasteiger partial charge on any atom is -0.744 e. The Balaban J connectivity index is 2.59. The third-order valence-electron chi connectivity index (χ3n) is 3.82. The molecule has 0 amide bonds. The van der Waals surface area contributed by atoms with E-state index in [4.69, 9.17) is 4.74 Å². The second-order valence-electron chi connectivity index (χ2n) is 6.10. The molecule has 0 atom stereocenters. The van der Waals surface area contributed by atoms with Crippen LogP contribution in [0.3, 0.4) is 0 Å². The van der Waals surface area contributed by atoms with Crippen molar-refractivity contribution in [1.29, 1.82) is 0 Å². The highest BCUT2D eigenvalue weighted by atomic mass is 127. The number of hydrogen-bond donors (Lipinski definition) is 0. The Kier molecular flexibility index (Phi) is 9.14. The molecule has 152 valence electrons. The Morgan fingerprint density at radius 3 is 1.86 bits per heavy atom. The predicted molar refractivity (Wildman–Crippen MR) is 148 cm³/mol. The lowest BCUT2D eigenvalue weighted by Gasteiger charge is -2.19. The van der Waals surface area contributed by atoms with Crippen LogP contribution in [0, 0.1) is 24.8 Å². The van der Waals surface area contributed by atoms with Gasteiger partial charge in [-0.05, 0) is 149 Å². The summed E-state index contributed by atoms with van der Waals surface area (Å²) in [5, 5.41) is 0. The first-order chi connectivity index (χ1) is 12.8. The fourth-order valence-corrected chi connectivity index (χ4v) is 8.50. The number of carbonyl (C=O) groups excluding carboxylic acids is 1. The average Bonchev–Trinajstić information content (AvgIpc) is 2.58. The summed E-state index contributed by atoms with van der Waals surface area (Å²) in [4.78, 5) is 12.7. The van der Waals surface area contributed by atoms with Crippen LogP contribution in [0.4, 0.5) is 0 Å². The normalized spacial score (nSPS) is 11.8. The molecule has 5 nitrogen and oxygen atoms in total. The lowest BCUT2D eigenvalue weighted by molar-refractivity contribution is 0.0730. The minimum absolute atomic E-state index is 0.225. The van der Waals surface area contributed by atoms with Gasteiger partial charge >= 0.3 is 5.97 Å². The first kappa shape index (κ1) is 25.7. The van der Waals surface area contributed by atoms with Crippen LogP contribution in [0.2, 0.25) is 0 Å². The van der Waals surface area contributed by atoms with Crippen LogP contribution in [0.1, 0.15) is 41.3 Å². The standard InChI is InChI=1S/C17H13I5O5S/c1-6(2)8-5-9(7(3)4-10(8)28(24,25)26)27-17(23)11-12(18)14(20)16(22)15(21)13(11)19/h4-6H,1-3H3,(H,24,25,26)/p-1. The number of benzene rings is 2. The van der Waals surface area contributed by atoms with Gasteiger partial charge in [-0.2, -0.15) is 0 Å². The molecule has 0 bridgehead atoms. The van der Waals surface area contributed by atoms with Gasteiger partial charge in [-0.3, -0.25) is 0 Å². The van der Waals surface area contributed by atoms with E-state index >= 15 is 0 Å². The van der Waals surface area contributed by atoms with Crippen molar-refractivity contribution in [3.05, 3.63) is 46.7 Å². The number of hydrogen-bond acceptors (Lipinski definition) is 5. The van der Waals surface area contributed by atoms with Gasteiger partial charge in [0, 0.05) is 17.9 Å². The summed E-state index contributed by atoms with van der Waals surface area (Å²) in [5.41, 5.74) is 1.22. The molecule has 2 rings (SSSR count). The third kappa shape index (κ3) is 5.44.